The summed E-state index contributed by atoms with van der Waals surface area (Å²) in [6.45, 7) is 0. The van der Waals surface area contributed by atoms with Gasteiger partial charge in [-0.05, 0) is 0 Å². The molecule has 10 heavy (non-hydrogen) atoms. The number of carbonyl (C=O) groups excluding carboxylic acids is 1. The summed E-state index contributed by atoms with van der Waals surface area (Å²) in [7, 11) is 4.51. The summed E-state index contributed by atoms with van der Waals surface area (Å²) >= 11 is 0. The van der Waals surface area contributed by atoms with Crippen LogP contribution in [0.3, 0.4) is 0 Å². The molecule has 0 aliphatic rings. The van der Waals surface area contributed by atoms with Crippen molar-refractivity contribution in [1.82, 2.24) is 0 Å². The van der Waals surface area contributed by atoms with Crippen LogP contribution in [0.5, 0.6) is 0 Å². The van der Waals surface area contributed by atoms with Crippen molar-refractivity contribution < 1.29 is 24.5 Å². The van der Waals surface area contributed by atoms with Crippen molar-refractivity contribution in [3.8, 4) is 0 Å². The number of rotatable bonds is 0. The second-order valence-electron chi connectivity index (χ2n) is 0.658. The van der Waals surface area contributed by atoms with Crippen molar-refractivity contribution in [2.75, 3.05) is 28.4 Å². The van der Waals surface area contributed by atoms with Crippen molar-refractivity contribution in [2.45, 2.75) is 0 Å². The predicted molar refractivity (Wildman–Crippen MR) is 35.7 cm³/mol. The second kappa shape index (κ2) is 24.1. The van der Waals surface area contributed by atoms with Gasteiger partial charge in [0.15, 0.2) is 0 Å². The molecule has 0 unspecified atom stereocenters. The van der Waals surface area contributed by atoms with E-state index in [9.17, 15) is 4.79 Å². The standard InChI is InChI=1S/C3H6O3.2CH4O/c1-5-3(4)6-2;2*1-2/h1-2H3;2*2H,1H3. The molecule has 0 aromatic carbocycles. The molecular formula is C5H14O5. The lowest BCUT2D eigenvalue weighted by Gasteiger charge is -1.89. The van der Waals surface area contributed by atoms with Gasteiger partial charge < -0.3 is 19.7 Å². The highest BCUT2D eigenvalue weighted by molar-refractivity contribution is 5.59. The smallest absolute Gasteiger partial charge is 0.438 e. The van der Waals surface area contributed by atoms with Gasteiger partial charge in [-0.2, -0.15) is 0 Å². The zero-order chi connectivity index (χ0) is 8.99. The highest BCUT2D eigenvalue weighted by Gasteiger charge is 1.88. The van der Waals surface area contributed by atoms with Crippen LogP contribution in [0, 0.1) is 0 Å². The second-order valence-corrected chi connectivity index (χ2v) is 0.658. The van der Waals surface area contributed by atoms with E-state index in [2.05, 4.69) is 9.47 Å². The molecule has 0 atom stereocenters. The lowest BCUT2D eigenvalue weighted by Crippen LogP contribution is -1.97. The van der Waals surface area contributed by atoms with Gasteiger partial charge in [-0.15, -0.1) is 0 Å². The number of aliphatic hydroxyl groups excluding tert-OH is 2. The molecule has 0 amide bonds. The van der Waals surface area contributed by atoms with Gasteiger partial charge in [0.1, 0.15) is 0 Å². The molecule has 0 saturated heterocycles. The molecule has 5 nitrogen and oxygen atoms in total. The molecule has 2 N–H and O–H groups in total. The minimum absolute atomic E-state index is 0.657. The highest BCUT2D eigenvalue weighted by atomic mass is 16.7. The van der Waals surface area contributed by atoms with E-state index < -0.39 is 6.16 Å². The average molecular weight is 154 g/mol. The number of hydrogen-bond acceptors (Lipinski definition) is 5. The van der Waals surface area contributed by atoms with Gasteiger partial charge in [0.25, 0.3) is 0 Å². The molecule has 0 aliphatic heterocycles. The minimum atomic E-state index is -0.657. The zero-order valence-corrected chi connectivity index (χ0v) is 6.62. The Morgan fingerprint density at radius 3 is 1.20 bits per heavy atom. The van der Waals surface area contributed by atoms with Crippen LogP contribution >= 0.6 is 0 Å². The fourth-order valence-corrected chi connectivity index (χ4v) is 0.0833. The highest BCUT2D eigenvalue weighted by Crippen LogP contribution is 1.72. The molecule has 0 spiro atoms. The minimum Gasteiger partial charge on any atom is -0.438 e. The maximum atomic E-state index is 9.74. The predicted octanol–water partition coefficient (Wildman–Crippen LogP) is -0.384. The third-order valence-corrected chi connectivity index (χ3v) is 0.333. The van der Waals surface area contributed by atoms with Crippen LogP contribution in [0.4, 0.5) is 4.79 Å². The zero-order valence-electron chi connectivity index (χ0n) is 6.62. The summed E-state index contributed by atoms with van der Waals surface area (Å²) in [5.41, 5.74) is 0. The quantitative estimate of drug-likeness (QED) is 0.465. The molecule has 0 rings (SSSR count). The van der Waals surface area contributed by atoms with Crippen molar-refractivity contribution in [1.29, 1.82) is 0 Å². The van der Waals surface area contributed by atoms with E-state index in [4.69, 9.17) is 10.2 Å². The van der Waals surface area contributed by atoms with Crippen LogP contribution in [-0.2, 0) is 9.47 Å². The molecule has 0 radical (unpaired) electrons. The molecule has 0 heterocycles. The van der Waals surface area contributed by atoms with Crippen LogP contribution in [0.15, 0.2) is 0 Å². The Labute approximate surface area is 60.2 Å². The number of hydrogen-bond donors (Lipinski definition) is 2. The fraction of sp³-hybridized carbons (Fsp3) is 0.800. The van der Waals surface area contributed by atoms with Crippen LogP contribution in [0.25, 0.3) is 0 Å². The molecule has 0 aliphatic carbocycles. The van der Waals surface area contributed by atoms with E-state index in [-0.39, 0.29) is 0 Å². The number of carbonyl (C=O) groups is 1. The van der Waals surface area contributed by atoms with E-state index in [1.807, 2.05) is 0 Å². The SMILES string of the molecule is CO.CO.COC(=O)OC. The summed E-state index contributed by atoms with van der Waals surface area (Å²) in [6, 6.07) is 0. The molecule has 0 aromatic heterocycles. The van der Waals surface area contributed by atoms with E-state index >= 15 is 0 Å². The Hall–Kier alpha value is -0.810. The Bertz CT molecular complexity index is 48.0. The first-order chi connectivity index (χ1) is 4.81. The van der Waals surface area contributed by atoms with Gasteiger partial charge >= 0.3 is 6.16 Å². The van der Waals surface area contributed by atoms with Crippen molar-refractivity contribution >= 4 is 6.16 Å². The largest absolute Gasteiger partial charge is 0.507 e. The summed E-state index contributed by atoms with van der Waals surface area (Å²) in [5, 5.41) is 14.0. The molecule has 0 bridgehead atoms. The maximum Gasteiger partial charge on any atom is 0.507 e. The van der Waals surface area contributed by atoms with Crippen molar-refractivity contribution in [2.24, 2.45) is 0 Å². The van der Waals surface area contributed by atoms with Gasteiger partial charge in [-0.1, -0.05) is 0 Å². The van der Waals surface area contributed by atoms with Crippen LogP contribution in [0.2, 0.25) is 0 Å². The van der Waals surface area contributed by atoms with E-state index in [1.54, 1.807) is 0 Å². The molecule has 5 heteroatoms. The van der Waals surface area contributed by atoms with Gasteiger partial charge in [-0.25, -0.2) is 4.79 Å². The van der Waals surface area contributed by atoms with E-state index in [0.29, 0.717) is 0 Å². The van der Waals surface area contributed by atoms with E-state index in [0.717, 1.165) is 14.2 Å². The third-order valence-electron chi connectivity index (χ3n) is 0.333. The lowest BCUT2D eigenvalue weighted by molar-refractivity contribution is 0.0924. The lowest BCUT2D eigenvalue weighted by atomic mass is 11.3. The first-order valence-corrected chi connectivity index (χ1v) is 2.32. The molecular weight excluding hydrogens is 140 g/mol. The topological polar surface area (TPSA) is 76.0 Å². The monoisotopic (exact) mass is 154 g/mol. The van der Waals surface area contributed by atoms with Gasteiger partial charge in [0.05, 0.1) is 14.2 Å². The van der Waals surface area contributed by atoms with Gasteiger partial charge in [0.2, 0.25) is 0 Å². The Morgan fingerprint density at radius 1 is 1.00 bits per heavy atom. The Balaban J connectivity index is -0.000000105. The Kier molecular flexibility index (Phi) is 38.8. The number of ether oxygens (including phenoxy) is 2. The maximum absolute atomic E-state index is 9.74. The molecule has 0 aromatic rings. The van der Waals surface area contributed by atoms with Crippen LogP contribution < -0.4 is 0 Å². The van der Waals surface area contributed by atoms with Crippen molar-refractivity contribution in [3.05, 3.63) is 0 Å². The Morgan fingerprint density at radius 2 is 1.20 bits per heavy atom. The summed E-state index contributed by atoms with van der Waals surface area (Å²) in [6.07, 6.45) is -0.657. The molecule has 64 valence electrons. The summed E-state index contributed by atoms with van der Waals surface area (Å²) in [5.74, 6) is 0. The van der Waals surface area contributed by atoms with Crippen LogP contribution in [-0.4, -0.2) is 44.8 Å². The number of aliphatic hydroxyl groups is 2. The number of methoxy groups -OCH3 is 2. The van der Waals surface area contributed by atoms with E-state index in [1.165, 1.54) is 14.2 Å². The fourth-order valence-electron chi connectivity index (χ4n) is 0.0833. The van der Waals surface area contributed by atoms with Crippen molar-refractivity contribution in [3.63, 3.8) is 0 Å². The first-order valence-electron chi connectivity index (χ1n) is 2.32. The molecule has 0 saturated carbocycles. The summed E-state index contributed by atoms with van der Waals surface area (Å²) < 4.78 is 8.08. The normalized spacial score (nSPS) is 5.40. The molecule has 0 fully saturated rings. The first kappa shape index (κ1) is 16.1. The van der Waals surface area contributed by atoms with Gasteiger partial charge in [-0.3, -0.25) is 0 Å². The van der Waals surface area contributed by atoms with Gasteiger partial charge in [0, 0.05) is 14.2 Å². The third kappa shape index (κ3) is 27.1. The summed E-state index contributed by atoms with van der Waals surface area (Å²) in [4.78, 5) is 9.74. The van der Waals surface area contributed by atoms with Crippen LogP contribution in [0.1, 0.15) is 0 Å². The average Bonchev–Trinajstić information content (AvgIpc) is 2.10.